The smallest absolute Gasteiger partial charge is 0.313 e. The average Bonchev–Trinajstić information content (AvgIpc) is 2.19. The van der Waals surface area contributed by atoms with Crippen LogP contribution in [0.1, 0.15) is 6.42 Å². The average molecular weight is 111 g/mol. The predicted molar refractivity (Wildman–Crippen MR) is 29.5 cm³/mol. The predicted octanol–water partition coefficient (Wildman–Crippen LogP) is -0.522. The van der Waals surface area contributed by atoms with Gasteiger partial charge in [-0.2, -0.15) is 0 Å². The molecule has 0 spiro atoms. The normalized spacial score (nSPS) is 16.8. The Morgan fingerprint density at radius 1 is 1.88 bits per heavy atom. The Hall–Kier alpha value is -0.990. The van der Waals surface area contributed by atoms with Crippen LogP contribution in [0.2, 0.25) is 0 Å². The lowest BCUT2D eigenvalue weighted by Gasteiger charge is -1.90. The summed E-state index contributed by atoms with van der Waals surface area (Å²) in [6.07, 6.45) is 4.28. The maximum atomic E-state index is 9.66. The number of hydrogen-bond acceptors (Lipinski definition) is 2. The van der Waals surface area contributed by atoms with Gasteiger partial charge in [0, 0.05) is 24.9 Å². The first-order valence-electron chi connectivity index (χ1n) is 2.49. The first-order valence-corrected chi connectivity index (χ1v) is 2.49. The lowest BCUT2D eigenvalue weighted by Crippen LogP contribution is -2.07. The number of rotatable bonds is 2. The SMILES string of the molecule is O=[C]NC1=CNCC1. The van der Waals surface area contributed by atoms with Gasteiger partial charge >= 0.3 is 6.41 Å². The van der Waals surface area contributed by atoms with E-state index in [1.807, 2.05) is 0 Å². The third-order valence-electron chi connectivity index (χ3n) is 1.03. The Balaban J connectivity index is 2.33. The highest BCUT2D eigenvalue weighted by Crippen LogP contribution is 1.97. The van der Waals surface area contributed by atoms with Crippen molar-refractivity contribution < 1.29 is 4.79 Å². The van der Waals surface area contributed by atoms with Crippen molar-refractivity contribution >= 4 is 6.41 Å². The van der Waals surface area contributed by atoms with Crippen LogP contribution in [0.5, 0.6) is 0 Å². The van der Waals surface area contributed by atoms with Gasteiger partial charge < -0.3 is 10.6 Å². The van der Waals surface area contributed by atoms with Gasteiger partial charge in [-0.05, 0) is 0 Å². The quantitative estimate of drug-likeness (QED) is 0.471. The molecule has 3 heteroatoms. The van der Waals surface area contributed by atoms with Crippen LogP contribution in [0.4, 0.5) is 0 Å². The van der Waals surface area contributed by atoms with Gasteiger partial charge in [-0.25, -0.2) is 0 Å². The summed E-state index contributed by atoms with van der Waals surface area (Å²) in [5.41, 5.74) is 0.917. The van der Waals surface area contributed by atoms with E-state index in [9.17, 15) is 4.79 Å². The Bertz CT molecular complexity index is 120. The zero-order valence-electron chi connectivity index (χ0n) is 4.40. The molecule has 0 aromatic heterocycles. The van der Waals surface area contributed by atoms with E-state index in [-0.39, 0.29) is 0 Å². The van der Waals surface area contributed by atoms with Crippen LogP contribution in [0, 0.1) is 0 Å². The molecule has 0 aliphatic carbocycles. The van der Waals surface area contributed by atoms with E-state index in [0.29, 0.717) is 0 Å². The number of hydrogen-bond donors (Lipinski definition) is 2. The summed E-state index contributed by atoms with van der Waals surface area (Å²) < 4.78 is 0. The molecular formula is C5H7N2O. The summed E-state index contributed by atoms with van der Waals surface area (Å²) >= 11 is 0. The second-order valence-corrected chi connectivity index (χ2v) is 1.60. The van der Waals surface area contributed by atoms with Crippen molar-refractivity contribution in [2.24, 2.45) is 0 Å². The van der Waals surface area contributed by atoms with Gasteiger partial charge in [0.15, 0.2) is 0 Å². The third-order valence-corrected chi connectivity index (χ3v) is 1.03. The molecule has 2 N–H and O–H groups in total. The minimum absolute atomic E-state index is 0.898. The number of nitrogens with one attached hydrogen (secondary N) is 2. The first-order chi connectivity index (χ1) is 3.93. The molecule has 0 atom stereocenters. The molecule has 1 aliphatic heterocycles. The van der Waals surface area contributed by atoms with Crippen molar-refractivity contribution in [3.8, 4) is 0 Å². The third kappa shape index (κ3) is 0.992. The van der Waals surface area contributed by atoms with Crippen LogP contribution in [0.15, 0.2) is 11.9 Å². The van der Waals surface area contributed by atoms with Crippen molar-refractivity contribution in [3.63, 3.8) is 0 Å². The Morgan fingerprint density at radius 2 is 2.75 bits per heavy atom. The van der Waals surface area contributed by atoms with E-state index in [4.69, 9.17) is 0 Å². The molecule has 0 saturated carbocycles. The molecule has 0 aromatic carbocycles. The fraction of sp³-hybridized carbons (Fsp3) is 0.400. The summed E-state index contributed by atoms with van der Waals surface area (Å²) in [5, 5.41) is 5.39. The van der Waals surface area contributed by atoms with E-state index < -0.39 is 0 Å². The molecule has 3 nitrogen and oxygen atoms in total. The van der Waals surface area contributed by atoms with Crippen molar-refractivity contribution in [2.45, 2.75) is 6.42 Å². The van der Waals surface area contributed by atoms with Gasteiger partial charge in [0.2, 0.25) is 0 Å². The fourth-order valence-corrected chi connectivity index (χ4v) is 0.639. The number of amides is 1. The molecule has 0 bridgehead atoms. The monoisotopic (exact) mass is 111 g/mol. The lowest BCUT2D eigenvalue weighted by atomic mass is 10.4. The second-order valence-electron chi connectivity index (χ2n) is 1.60. The van der Waals surface area contributed by atoms with Crippen LogP contribution >= 0.6 is 0 Å². The van der Waals surface area contributed by atoms with Crippen molar-refractivity contribution in [1.29, 1.82) is 0 Å². The van der Waals surface area contributed by atoms with E-state index in [0.717, 1.165) is 18.7 Å². The van der Waals surface area contributed by atoms with E-state index in [1.165, 1.54) is 0 Å². The van der Waals surface area contributed by atoms with E-state index in [2.05, 4.69) is 10.6 Å². The molecule has 1 aliphatic rings. The molecule has 1 amide bonds. The van der Waals surface area contributed by atoms with Crippen molar-refractivity contribution in [1.82, 2.24) is 10.6 Å². The zero-order valence-corrected chi connectivity index (χ0v) is 4.40. The second kappa shape index (κ2) is 2.35. The molecule has 1 heterocycles. The largest absolute Gasteiger partial charge is 0.389 e. The van der Waals surface area contributed by atoms with Crippen molar-refractivity contribution in [2.75, 3.05) is 6.54 Å². The Labute approximate surface area is 47.8 Å². The van der Waals surface area contributed by atoms with E-state index in [1.54, 1.807) is 12.6 Å². The van der Waals surface area contributed by atoms with Crippen LogP contribution < -0.4 is 10.6 Å². The molecular weight excluding hydrogens is 104 g/mol. The summed E-state index contributed by atoms with van der Waals surface area (Å²) in [7, 11) is 0. The standard InChI is InChI=1S/C5H7N2O/c8-4-7-5-1-2-6-3-5/h3,6H,1-2H2,(H,7,8). The van der Waals surface area contributed by atoms with Gasteiger partial charge in [0.1, 0.15) is 0 Å². The lowest BCUT2D eigenvalue weighted by molar-refractivity contribution is 0.548. The Kier molecular flexibility index (Phi) is 1.51. The molecule has 0 aromatic rings. The summed E-state index contributed by atoms with van der Waals surface area (Å²) in [6.45, 7) is 0.921. The molecule has 0 unspecified atom stereocenters. The van der Waals surface area contributed by atoms with Crippen LogP contribution in [0.25, 0.3) is 0 Å². The maximum Gasteiger partial charge on any atom is 0.313 e. The highest BCUT2D eigenvalue weighted by molar-refractivity contribution is 5.51. The minimum atomic E-state index is 0.898. The topological polar surface area (TPSA) is 41.1 Å². The van der Waals surface area contributed by atoms with Crippen LogP contribution in [-0.2, 0) is 4.79 Å². The highest BCUT2D eigenvalue weighted by Gasteiger charge is 2.00. The van der Waals surface area contributed by atoms with Crippen LogP contribution in [-0.4, -0.2) is 13.0 Å². The summed E-state index contributed by atoms with van der Waals surface area (Å²) in [5.74, 6) is 0. The van der Waals surface area contributed by atoms with Gasteiger partial charge in [0.25, 0.3) is 0 Å². The first kappa shape index (κ1) is 5.15. The van der Waals surface area contributed by atoms with Gasteiger partial charge in [-0.1, -0.05) is 0 Å². The number of carbonyl (C=O) groups excluding carboxylic acids is 1. The Morgan fingerprint density at radius 3 is 3.25 bits per heavy atom. The van der Waals surface area contributed by atoms with Crippen molar-refractivity contribution in [3.05, 3.63) is 11.9 Å². The van der Waals surface area contributed by atoms with Crippen LogP contribution in [0.3, 0.4) is 0 Å². The van der Waals surface area contributed by atoms with E-state index >= 15 is 0 Å². The summed E-state index contributed by atoms with van der Waals surface area (Å²) in [4.78, 5) is 9.66. The zero-order chi connectivity index (χ0) is 5.82. The molecule has 1 radical (unpaired) electrons. The molecule has 0 fully saturated rings. The summed E-state index contributed by atoms with van der Waals surface area (Å²) in [6, 6.07) is 0. The van der Waals surface area contributed by atoms with Gasteiger partial charge in [0.05, 0.1) is 0 Å². The molecule has 0 saturated heterocycles. The maximum absolute atomic E-state index is 9.66. The van der Waals surface area contributed by atoms with Gasteiger partial charge in [-0.15, -0.1) is 0 Å². The fourth-order valence-electron chi connectivity index (χ4n) is 0.639. The molecule has 43 valence electrons. The van der Waals surface area contributed by atoms with Gasteiger partial charge in [-0.3, -0.25) is 4.79 Å². The molecule has 8 heavy (non-hydrogen) atoms. The highest BCUT2D eigenvalue weighted by atomic mass is 16.1. The minimum Gasteiger partial charge on any atom is -0.389 e. The molecule has 1 rings (SSSR count).